The van der Waals surface area contributed by atoms with Gasteiger partial charge in [-0.05, 0) is 18.9 Å². The highest BCUT2D eigenvalue weighted by Crippen LogP contribution is 2.92. The Morgan fingerprint density at radius 1 is 0.790 bits per heavy atom. The predicted molar refractivity (Wildman–Crippen MR) is 196 cm³/mol. The Balaban J connectivity index is 1.73. The van der Waals surface area contributed by atoms with Crippen molar-refractivity contribution in [3.63, 3.8) is 0 Å². The van der Waals surface area contributed by atoms with Crippen LogP contribution in [0.5, 0.6) is 0 Å². The molecule has 21 nitrogen and oxygen atoms in total. The Labute approximate surface area is 353 Å². The van der Waals surface area contributed by atoms with Crippen molar-refractivity contribution < 1.29 is 101 Å². The van der Waals surface area contributed by atoms with Crippen LogP contribution in [0.25, 0.3) is 0 Å². The average molecular weight is 879 g/mol. The number of methoxy groups -OCH3 is 1. The molecule has 2 bridgehead atoms. The minimum atomic E-state index is -3.52. The van der Waals surface area contributed by atoms with Crippen LogP contribution >= 0.6 is 0 Å². The van der Waals surface area contributed by atoms with E-state index in [1.807, 2.05) is 0 Å². The smallest absolute Gasteiger partial charge is 0.347 e. The minimum absolute atomic E-state index is 0.0135. The van der Waals surface area contributed by atoms with Crippen LogP contribution in [0.3, 0.4) is 0 Å². The van der Waals surface area contributed by atoms with E-state index in [4.69, 9.17) is 42.3 Å². The molecule has 7 rings (SSSR count). The van der Waals surface area contributed by atoms with Gasteiger partial charge in [-0.1, -0.05) is 27.7 Å². The minimum Gasteiger partial charge on any atom is -0.472 e. The highest BCUT2D eigenvalue weighted by atomic mass is 16.7. The van der Waals surface area contributed by atoms with Crippen LogP contribution in [0, 0.1) is 33.5 Å². The fourth-order valence-electron chi connectivity index (χ4n) is 13.3. The number of furan rings is 1. The van der Waals surface area contributed by atoms with Gasteiger partial charge in [0.1, 0.15) is 22.9 Å². The number of hydrogen-bond donors (Lipinski definition) is 4. The first kappa shape index (κ1) is 44.9. The van der Waals surface area contributed by atoms with Crippen molar-refractivity contribution in [3.8, 4) is 0 Å². The van der Waals surface area contributed by atoms with Gasteiger partial charge in [-0.15, -0.1) is 0 Å². The van der Waals surface area contributed by atoms with E-state index in [0.717, 1.165) is 61.2 Å². The molecule has 1 saturated heterocycles. The lowest BCUT2D eigenvalue weighted by atomic mass is 9.33. The van der Waals surface area contributed by atoms with Crippen molar-refractivity contribution in [1.82, 2.24) is 0 Å². The maximum Gasteiger partial charge on any atom is 0.347 e. The highest BCUT2D eigenvalue weighted by Gasteiger charge is 3.08. The Morgan fingerprint density at radius 3 is 1.87 bits per heavy atom. The molecule has 0 radical (unpaired) electrons. The molecule has 1 aromatic heterocycles. The van der Waals surface area contributed by atoms with Crippen LogP contribution < -0.4 is 0 Å². The Bertz CT molecular complexity index is 2150. The molecular weight excluding hydrogens is 828 g/mol. The van der Waals surface area contributed by atoms with E-state index in [9.17, 15) is 58.8 Å². The second-order valence-corrected chi connectivity index (χ2v) is 18.2. The molecule has 1 aliphatic heterocycles. The quantitative estimate of drug-likeness (QED) is 0.163. The van der Waals surface area contributed by atoms with E-state index in [2.05, 4.69) is 0 Å². The standard InChI is InChI=1S/C41H50O21/c1-16(2)29(48)62-39-32(60-21(7)46)34(8)14-38(39,51)35(9,24(34)23(30(49)54-10)56-17(3)42)40(52)28(59-20(6)45)27(58-19(5)44)36(26(57-18(4)43)22-11-12-55-13-22)15-37(36)25(47)31(50)61-33(39)41(37,40)53/h11-13,16,23-28,32-33,47,51-53H,14-15H2,1-10H3/t23-,24+,25-,26-,27+,28-,32+,33-,34+,35-,36-,37-,38-,39+,40+,41+/m1/s1. The fourth-order valence-corrected chi connectivity index (χ4v) is 13.3. The number of esters is 8. The van der Waals surface area contributed by atoms with Gasteiger partial charge in [-0.2, -0.15) is 0 Å². The monoisotopic (exact) mass is 878 g/mol. The number of aliphatic hydroxyl groups is 4. The van der Waals surface area contributed by atoms with Crippen molar-refractivity contribution in [3.05, 3.63) is 24.2 Å². The normalized spacial score (nSPS) is 43.7. The predicted octanol–water partition coefficient (Wildman–Crippen LogP) is -0.349. The number of ether oxygens (including phenoxy) is 8. The molecule has 4 N–H and O–H groups in total. The number of rotatable bonds is 11. The van der Waals surface area contributed by atoms with E-state index in [1.54, 1.807) is 0 Å². The van der Waals surface area contributed by atoms with Crippen LogP contribution in [-0.4, -0.2) is 134 Å². The van der Waals surface area contributed by atoms with Crippen LogP contribution in [0.1, 0.15) is 86.8 Å². The maximum atomic E-state index is 14.5. The first-order valence-corrected chi connectivity index (χ1v) is 19.9. The molecule has 21 heteroatoms. The highest BCUT2D eigenvalue weighted by molar-refractivity contribution is 5.84. The van der Waals surface area contributed by atoms with Gasteiger partial charge in [-0.3, -0.25) is 28.8 Å². The number of aliphatic hydroxyl groups excluding tert-OH is 1. The molecule has 6 fully saturated rings. The zero-order chi connectivity index (χ0) is 46.3. The number of carbonyl (C=O) groups is 8. The first-order chi connectivity index (χ1) is 28.6. The Kier molecular flexibility index (Phi) is 9.92. The van der Waals surface area contributed by atoms with E-state index in [0.29, 0.717) is 0 Å². The van der Waals surface area contributed by atoms with Gasteiger partial charge < -0.3 is 62.7 Å². The summed E-state index contributed by atoms with van der Waals surface area (Å²) in [5.41, 5.74) is -23.1. The molecule has 0 amide bonds. The molecule has 1 spiro atoms. The summed E-state index contributed by atoms with van der Waals surface area (Å²) < 4.78 is 52.1. The molecule has 1 aromatic rings. The van der Waals surface area contributed by atoms with Gasteiger partial charge in [-0.25, -0.2) is 9.59 Å². The maximum absolute atomic E-state index is 14.5. The van der Waals surface area contributed by atoms with Crippen LogP contribution in [-0.2, 0) is 76.3 Å². The van der Waals surface area contributed by atoms with Crippen molar-refractivity contribution in [1.29, 1.82) is 0 Å². The summed E-state index contributed by atoms with van der Waals surface area (Å²) in [6, 6.07) is 1.31. The molecule has 2 heterocycles. The number of hydrogen-bond acceptors (Lipinski definition) is 21. The van der Waals surface area contributed by atoms with Gasteiger partial charge in [0.15, 0.2) is 30.5 Å². The van der Waals surface area contributed by atoms with Gasteiger partial charge >= 0.3 is 47.8 Å². The summed E-state index contributed by atoms with van der Waals surface area (Å²) in [7, 11) is 0.928. The SMILES string of the molecule is COC(=O)[C@H](OC(C)=O)[C@H]1[C@]2(C)C[C@]3(O)[C@@](OC(=O)C(C)C)([C@H]4OC(=O)[C@@H](O)[C@]56C[C@@]5([C@H](OC(C)=O)c5ccoc5)[C@@H](OC(C)=O)[C@@H](OC(C)=O)[C@](O)([C@]13C)[C@]46O)[C@H]2OC(C)=O. The van der Waals surface area contributed by atoms with Gasteiger partial charge in [0.05, 0.1) is 36.4 Å². The molecule has 62 heavy (non-hydrogen) atoms. The average Bonchev–Trinajstić information content (AvgIpc) is 3.37. The van der Waals surface area contributed by atoms with Crippen molar-refractivity contribution in [2.45, 2.75) is 140 Å². The van der Waals surface area contributed by atoms with Crippen LogP contribution in [0.2, 0.25) is 0 Å². The molecule has 0 unspecified atom stereocenters. The zero-order valence-electron chi connectivity index (χ0n) is 35.6. The third kappa shape index (κ3) is 4.87. The van der Waals surface area contributed by atoms with E-state index in [1.165, 1.54) is 26.8 Å². The summed E-state index contributed by atoms with van der Waals surface area (Å²) in [6.45, 7) is 9.88. The Hall–Kier alpha value is -5.12. The van der Waals surface area contributed by atoms with Crippen LogP contribution in [0.4, 0.5) is 0 Å². The van der Waals surface area contributed by atoms with E-state index < -0.39 is 159 Å². The second kappa shape index (κ2) is 13.7. The zero-order valence-corrected chi connectivity index (χ0v) is 35.6. The van der Waals surface area contributed by atoms with E-state index in [-0.39, 0.29) is 5.56 Å². The topological polar surface area (TPSA) is 304 Å². The fraction of sp³-hybridized carbons (Fsp3) is 0.707. The van der Waals surface area contributed by atoms with Gasteiger partial charge in [0.25, 0.3) is 0 Å². The van der Waals surface area contributed by atoms with Crippen molar-refractivity contribution in [2.75, 3.05) is 7.11 Å². The number of fused-ring (bicyclic) bond motifs is 3. The Morgan fingerprint density at radius 2 is 1.37 bits per heavy atom. The second-order valence-electron chi connectivity index (χ2n) is 18.2. The summed E-state index contributed by atoms with van der Waals surface area (Å²) in [4.78, 5) is 109. The summed E-state index contributed by atoms with van der Waals surface area (Å²) in [6.07, 6.45) is -15.2. The van der Waals surface area contributed by atoms with E-state index >= 15 is 0 Å². The molecule has 6 aliphatic rings. The lowest BCUT2D eigenvalue weighted by molar-refractivity contribution is -0.467. The molecule has 340 valence electrons. The molecule has 16 atom stereocenters. The van der Waals surface area contributed by atoms with Gasteiger partial charge in [0.2, 0.25) is 11.7 Å². The third-order valence-corrected chi connectivity index (χ3v) is 14.9. The summed E-state index contributed by atoms with van der Waals surface area (Å²) >= 11 is 0. The third-order valence-electron chi connectivity index (χ3n) is 14.9. The summed E-state index contributed by atoms with van der Waals surface area (Å²) in [5.74, 6) is -12.5. The number of carbonyl (C=O) groups excluding carboxylic acids is 8. The molecule has 5 saturated carbocycles. The lowest BCUT2D eigenvalue weighted by Gasteiger charge is -2.77. The molecule has 5 aliphatic carbocycles. The molecule has 0 aromatic carbocycles. The van der Waals surface area contributed by atoms with Crippen LogP contribution in [0.15, 0.2) is 23.0 Å². The molecular formula is C41H50O21. The van der Waals surface area contributed by atoms with Gasteiger partial charge in [0, 0.05) is 56.9 Å². The summed E-state index contributed by atoms with van der Waals surface area (Å²) in [5, 5.41) is 55.2. The largest absolute Gasteiger partial charge is 0.472 e. The lowest BCUT2D eigenvalue weighted by Crippen LogP contribution is -2.99. The van der Waals surface area contributed by atoms with Crippen molar-refractivity contribution in [2.24, 2.45) is 33.5 Å². The van der Waals surface area contributed by atoms with Crippen molar-refractivity contribution >= 4 is 47.8 Å². The first-order valence-electron chi connectivity index (χ1n) is 19.9.